The van der Waals surface area contributed by atoms with Crippen LogP contribution in [0.2, 0.25) is 0 Å². The van der Waals surface area contributed by atoms with Crippen molar-refractivity contribution in [2.75, 3.05) is 13.6 Å². The average Bonchev–Trinajstić information content (AvgIpc) is 2.57. The maximum atomic E-state index is 11.5. The van der Waals surface area contributed by atoms with E-state index >= 15 is 0 Å². The van der Waals surface area contributed by atoms with Crippen LogP contribution < -0.4 is 4.72 Å². The number of hydrogen-bond donors (Lipinski definition) is 1. The standard InChI is InChI=1S/C8H11BrN2OS2/c1-11-3-2-7(10-14(11)12)8-4-6(9)5-13-8/h4-5,7,10H,2-3H2,1H3/t7-,14?/m0/s1. The summed E-state index contributed by atoms with van der Waals surface area (Å²) >= 11 is 4.09. The first kappa shape index (κ1) is 10.8. The molecule has 0 aromatic carbocycles. The summed E-state index contributed by atoms with van der Waals surface area (Å²) in [6, 6.07) is 2.33. The van der Waals surface area contributed by atoms with Crippen LogP contribution in [0.1, 0.15) is 17.3 Å². The molecule has 2 rings (SSSR count). The Morgan fingerprint density at radius 1 is 1.79 bits per heavy atom. The number of thiophene rings is 1. The first-order valence-electron chi connectivity index (χ1n) is 4.30. The van der Waals surface area contributed by atoms with Crippen molar-refractivity contribution in [3.63, 3.8) is 0 Å². The molecule has 1 aromatic rings. The number of halogens is 1. The van der Waals surface area contributed by atoms with Gasteiger partial charge in [0.05, 0.1) is 6.04 Å². The molecule has 2 heterocycles. The molecule has 1 saturated heterocycles. The molecule has 6 heteroatoms. The molecule has 1 aliphatic rings. The van der Waals surface area contributed by atoms with Crippen molar-refractivity contribution in [2.45, 2.75) is 12.5 Å². The molecule has 1 aliphatic heterocycles. The zero-order valence-electron chi connectivity index (χ0n) is 7.70. The Morgan fingerprint density at radius 2 is 2.57 bits per heavy atom. The highest BCUT2D eigenvalue weighted by Gasteiger charge is 2.23. The number of nitrogens with one attached hydrogen (secondary N) is 1. The first-order valence-corrected chi connectivity index (χ1v) is 7.08. The smallest absolute Gasteiger partial charge is 0.170 e. The summed E-state index contributed by atoms with van der Waals surface area (Å²) < 4.78 is 17.5. The van der Waals surface area contributed by atoms with Gasteiger partial charge in [0.2, 0.25) is 0 Å². The number of hydrogen-bond acceptors (Lipinski definition) is 2. The molecular formula is C8H11BrN2OS2. The van der Waals surface area contributed by atoms with Crippen LogP contribution in [0.4, 0.5) is 0 Å². The molecule has 78 valence electrons. The molecular weight excluding hydrogens is 284 g/mol. The van der Waals surface area contributed by atoms with Crippen LogP contribution in [0.3, 0.4) is 0 Å². The van der Waals surface area contributed by atoms with Crippen LogP contribution in [0.25, 0.3) is 0 Å². The molecule has 1 unspecified atom stereocenters. The maximum Gasteiger partial charge on any atom is 0.170 e. The average molecular weight is 295 g/mol. The Bertz CT molecular complexity index is 355. The minimum atomic E-state index is -1.03. The molecule has 2 atom stereocenters. The molecule has 0 amide bonds. The van der Waals surface area contributed by atoms with Crippen molar-refractivity contribution in [1.82, 2.24) is 9.03 Å². The number of rotatable bonds is 1. The lowest BCUT2D eigenvalue weighted by molar-refractivity contribution is 0.421. The van der Waals surface area contributed by atoms with Gasteiger partial charge in [-0.2, -0.15) is 0 Å². The Morgan fingerprint density at radius 3 is 3.14 bits per heavy atom. The lowest BCUT2D eigenvalue weighted by Crippen LogP contribution is -2.41. The van der Waals surface area contributed by atoms with Crippen LogP contribution in [0.5, 0.6) is 0 Å². The fourth-order valence-electron chi connectivity index (χ4n) is 1.38. The third-order valence-electron chi connectivity index (χ3n) is 2.19. The van der Waals surface area contributed by atoms with E-state index in [2.05, 4.69) is 32.1 Å². The van der Waals surface area contributed by atoms with Crippen LogP contribution in [-0.2, 0) is 11.2 Å². The van der Waals surface area contributed by atoms with Crippen LogP contribution in [0, 0.1) is 0 Å². The summed E-state index contributed by atoms with van der Waals surface area (Å²) in [7, 11) is 1.86. The molecule has 1 N–H and O–H groups in total. The fourth-order valence-corrected chi connectivity index (χ4v) is 3.92. The second-order valence-corrected chi connectivity index (χ2v) is 6.44. The summed E-state index contributed by atoms with van der Waals surface area (Å²) in [5.41, 5.74) is 0. The normalized spacial score (nSPS) is 29.3. The van der Waals surface area contributed by atoms with Crippen molar-refractivity contribution in [2.24, 2.45) is 0 Å². The second-order valence-electron chi connectivity index (χ2n) is 3.23. The molecule has 0 radical (unpaired) electrons. The number of nitrogens with zero attached hydrogens (tertiary/aromatic N) is 1. The molecule has 0 bridgehead atoms. The minimum absolute atomic E-state index is 0.239. The van der Waals surface area contributed by atoms with Crippen LogP contribution in [-0.4, -0.2) is 22.1 Å². The van der Waals surface area contributed by atoms with Gasteiger partial charge in [0, 0.05) is 28.3 Å². The van der Waals surface area contributed by atoms with Crippen molar-refractivity contribution in [3.8, 4) is 0 Å². The van der Waals surface area contributed by atoms with E-state index in [1.54, 1.807) is 11.3 Å². The lowest BCUT2D eigenvalue weighted by Gasteiger charge is -2.28. The van der Waals surface area contributed by atoms with Gasteiger partial charge in [-0.1, -0.05) is 0 Å². The van der Waals surface area contributed by atoms with E-state index in [1.165, 1.54) is 4.88 Å². The van der Waals surface area contributed by atoms with Gasteiger partial charge in [-0.05, 0) is 28.4 Å². The highest BCUT2D eigenvalue weighted by Crippen LogP contribution is 2.29. The summed E-state index contributed by atoms with van der Waals surface area (Å²) in [6.45, 7) is 0.875. The summed E-state index contributed by atoms with van der Waals surface area (Å²) in [6.07, 6.45) is 1.01. The van der Waals surface area contributed by atoms with Gasteiger partial charge in [0.15, 0.2) is 11.2 Å². The summed E-state index contributed by atoms with van der Waals surface area (Å²) in [5, 5.41) is 2.05. The lowest BCUT2D eigenvalue weighted by atomic mass is 10.2. The Hall–Kier alpha value is 0.250. The highest BCUT2D eigenvalue weighted by atomic mass is 79.9. The monoisotopic (exact) mass is 294 g/mol. The van der Waals surface area contributed by atoms with E-state index < -0.39 is 11.2 Å². The predicted molar refractivity (Wildman–Crippen MR) is 63.3 cm³/mol. The molecule has 1 fully saturated rings. The van der Waals surface area contributed by atoms with Crippen molar-refractivity contribution < 1.29 is 4.21 Å². The maximum absolute atomic E-state index is 11.5. The van der Waals surface area contributed by atoms with Crippen LogP contribution in [0.15, 0.2) is 15.9 Å². The van der Waals surface area contributed by atoms with Gasteiger partial charge in [0.1, 0.15) is 0 Å². The van der Waals surface area contributed by atoms with E-state index in [0.717, 1.165) is 17.4 Å². The SMILES string of the molecule is CN1CC[C@@H](c2cc(Br)cs2)NS1=O. The first-order chi connectivity index (χ1) is 6.66. The van der Waals surface area contributed by atoms with Gasteiger partial charge in [-0.15, -0.1) is 11.3 Å². The van der Waals surface area contributed by atoms with Gasteiger partial charge in [-0.25, -0.2) is 13.2 Å². The zero-order chi connectivity index (χ0) is 10.1. The largest absolute Gasteiger partial charge is 0.225 e. The van der Waals surface area contributed by atoms with Gasteiger partial charge < -0.3 is 0 Å². The van der Waals surface area contributed by atoms with E-state index in [4.69, 9.17) is 0 Å². The Labute approximate surface area is 98.3 Å². The molecule has 0 aliphatic carbocycles. The van der Waals surface area contributed by atoms with E-state index in [9.17, 15) is 4.21 Å². The molecule has 1 aromatic heterocycles. The Balaban J connectivity index is 2.10. The van der Waals surface area contributed by atoms with E-state index in [1.807, 2.05) is 11.4 Å². The summed E-state index contributed by atoms with van der Waals surface area (Å²) in [4.78, 5) is 1.25. The van der Waals surface area contributed by atoms with Crippen molar-refractivity contribution in [1.29, 1.82) is 0 Å². The van der Waals surface area contributed by atoms with E-state index in [-0.39, 0.29) is 6.04 Å². The van der Waals surface area contributed by atoms with Crippen molar-refractivity contribution >= 4 is 38.4 Å². The molecule has 0 spiro atoms. The second kappa shape index (κ2) is 4.40. The minimum Gasteiger partial charge on any atom is -0.225 e. The molecule has 3 nitrogen and oxygen atoms in total. The quantitative estimate of drug-likeness (QED) is 0.845. The third-order valence-corrected chi connectivity index (χ3v) is 5.23. The zero-order valence-corrected chi connectivity index (χ0v) is 10.9. The predicted octanol–water partition coefficient (Wildman–Crippen LogP) is 2.06. The summed E-state index contributed by atoms with van der Waals surface area (Å²) in [5.74, 6) is 0. The van der Waals surface area contributed by atoms with Gasteiger partial charge >= 0.3 is 0 Å². The van der Waals surface area contributed by atoms with Crippen molar-refractivity contribution in [3.05, 3.63) is 20.8 Å². The van der Waals surface area contributed by atoms with Crippen LogP contribution >= 0.6 is 27.3 Å². The molecule has 0 saturated carbocycles. The van der Waals surface area contributed by atoms with Gasteiger partial charge in [0.25, 0.3) is 0 Å². The van der Waals surface area contributed by atoms with Gasteiger partial charge in [-0.3, -0.25) is 0 Å². The third kappa shape index (κ3) is 2.25. The highest BCUT2D eigenvalue weighted by molar-refractivity contribution is 9.10. The molecule has 14 heavy (non-hydrogen) atoms. The van der Waals surface area contributed by atoms with E-state index in [0.29, 0.717) is 0 Å². The fraction of sp³-hybridized carbons (Fsp3) is 0.500. The Kier molecular flexibility index (Phi) is 3.38. The topological polar surface area (TPSA) is 32.3 Å².